The van der Waals surface area contributed by atoms with E-state index in [9.17, 15) is 4.79 Å². The van der Waals surface area contributed by atoms with Crippen LogP contribution in [-0.4, -0.2) is 12.1 Å². The third kappa shape index (κ3) is 5.94. The second kappa shape index (κ2) is 8.37. The molecule has 0 aromatic rings. The van der Waals surface area contributed by atoms with E-state index in [0.717, 1.165) is 32.1 Å². The normalized spacial score (nSPS) is 21.3. The van der Waals surface area contributed by atoms with E-state index >= 15 is 0 Å². The number of hydrogen-bond donors (Lipinski definition) is 0. The summed E-state index contributed by atoms with van der Waals surface area (Å²) >= 11 is 0. The van der Waals surface area contributed by atoms with Crippen LogP contribution in [0.25, 0.3) is 0 Å². The zero-order valence-electron chi connectivity index (χ0n) is 10.4. The summed E-state index contributed by atoms with van der Waals surface area (Å²) in [7, 11) is 0. The highest BCUT2D eigenvalue weighted by atomic mass is 16.5. The maximum Gasteiger partial charge on any atom is 0.306 e. The van der Waals surface area contributed by atoms with Crippen LogP contribution in [0, 0.1) is 0 Å². The first-order valence-electron chi connectivity index (χ1n) is 6.67. The number of rotatable bonds is 7. The quantitative estimate of drug-likeness (QED) is 0.371. The van der Waals surface area contributed by atoms with Crippen LogP contribution in [0.4, 0.5) is 0 Å². The average Bonchev–Trinajstić information content (AvgIpc) is 2.28. The van der Waals surface area contributed by atoms with Crippen molar-refractivity contribution in [3.8, 4) is 0 Å². The second-order valence-corrected chi connectivity index (χ2v) is 4.55. The van der Waals surface area contributed by atoms with Gasteiger partial charge in [0.2, 0.25) is 0 Å². The lowest BCUT2D eigenvalue weighted by molar-refractivity contribution is -0.154. The first kappa shape index (κ1) is 13.3. The van der Waals surface area contributed by atoms with Crippen molar-refractivity contribution in [2.24, 2.45) is 0 Å². The van der Waals surface area contributed by atoms with Crippen molar-refractivity contribution in [1.29, 1.82) is 0 Å². The molecule has 2 nitrogen and oxygen atoms in total. The molecule has 0 radical (unpaired) electrons. The maximum atomic E-state index is 11.0. The molecule has 1 fully saturated rings. The molecule has 0 aromatic carbocycles. The molecule has 1 aliphatic rings. The van der Waals surface area contributed by atoms with Crippen LogP contribution in [0.1, 0.15) is 64.7 Å². The fourth-order valence-corrected chi connectivity index (χ4v) is 2.00. The molecule has 16 heavy (non-hydrogen) atoms. The van der Waals surface area contributed by atoms with Crippen LogP contribution >= 0.6 is 0 Å². The number of cyclic esters (lactones) is 1. The summed E-state index contributed by atoms with van der Waals surface area (Å²) in [5.41, 5.74) is 0. The second-order valence-electron chi connectivity index (χ2n) is 4.55. The number of unbranched alkanes of at least 4 members (excludes halogenated alkanes) is 3. The molecule has 1 aliphatic heterocycles. The highest BCUT2D eigenvalue weighted by Crippen LogP contribution is 2.18. The monoisotopic (exact) mass is 224 g/mol. The largest absolute Gasteiger partial charge is 0.462 e. The first-order valence-corrected chi connectivity index (χ1v) is 6.67. The number of hydrogen-bond acceptors (Lipinski definition) is 2. The summed E-state index contributed by atoms with van der Waals surface area (Å²) in [6.45, 7) is 2.21. The molecule has 1 unspecified atom stereocenters. The number of allylic oxidation sites excluding steroid dienone is 2. The van der Waals surface area contributed by atoms with Gasteiger partial charge in [-0.05, 0) is 38.5 Å². The van der Waals surface area contributed by atoms with Gasteiger partial charge in [-0.3, -0.25) is 4.79 Å². The van der Waals surface area contributed by atoms with Gasteiger partial charge < -0.3 is 4.74 Å². The summed E-state index contributed by atoms with van der Waals surface area (Å²) in [4.78, 5) is 11.0. The molecule has 1 heterocycles. The smallest absolute Gasteiger partial charge is 0.306 e. The Balaban J connectivity index is 1.98. The summed E-state index contributed by atoms with van der Waals surface area (Å²) in [6.07, 6.45) is 14.5. The van der Waals surface area contributed by atoms with Crippen molar-refractivity contribution in [1.82, 2.24) is 0 Å². The van der Waals surface area contributed by atoms with Gasteiger partial charge in [0.05, 0.1) is 0 Å². The fraction of sp³-hybridized carbons (Fsp3) is 0.786. The van der Waals surface area contributed by atoms with Crippen molar-refractivity contribution in [3.63, 3.8) is 0 Å². The van der Waals surface area contributed by atoms with E-state index in [4.69, 9.17) is 4.74 Å². The van der Waals surface area contributed by atoms with Gasteiger partial charge in [0.15, 0.2) is 0 Å². The van der Waals surface area contributed by atoms with E-state index in [2.05, 4.69) is 19.1 Å². The lowest BCUT2D eigenvalue weighted by Gasteiger charge is -2.21. The Morgan fingerprint density at radius 1 is 1.31 bits per heavy atom. The van der Waals surface area contributed by atoms with Crippen LogP contribution < -0.4 is 0 Å². The van der Waals surface area contributed by atoms with E-state index in [-0.39, 0.29) is 12.1 Å². The molecule has 0 aromatic heterocycles. The van der Waals surface area contributed by atoms with E-state index < -0.39 is 0 Å². The van der Waals surface area contributed by atoms with Crippen molar-refractivity contribution in [2.75, 3.05) is 0 Å². The van der Waals surface area contributed by atoms with Gasteiger partial charge >= 0.3 is 5.97 Å². The molecule has 0 aliphatic carbocycles. The minimum absolute atomic E-state index is 0.00487. The molecule has 0 N–H and O–H groups in total. The van der Waals surface area contributed by atoms with Gasteiger partial charge in [0, 0.05) is 6.42 Å². The van der Waals surface area contributed by atoms with Crippen molar-refractivity contribution in [2.45, 2.75) is 70.8 Å². The van der Waals surface area contributed by atoms with Crippen molar-refractivity contribution in [3.05, 3.63) is 12.2 Å². The minimum Gasteiger partial charge on any atom is -0.462 e. The van der Waals surface area contributed by atoms with Gasteiger partial charge in [-0.1, -0.05) is 31.9 Å². The summed E-state index contributed by atoms with van der Waals surface area (Å²) < 4.78 is 5.27. The molecule has 0 amide bonds. The van der Waals surface area contributed by atoms with Gasteiger partial charge in [-0.2, -0.15) is 0 Å². The Hall–Kier alpha value is -0.790. The van der Waals surface area contributed by atoms with Crippen LogP contribution in [0.3, 0.4) is 0 Å². The summed E-state index contributed by atoms with van der Waals surface area (Å²) in [6, 6.07) is 0. The minimum atomic E-state index is -0.00487. The van der Waals surface area contributed by atoms with E-state index in [0.29, 0.717) is 6.42 Å². The molecule has 2 heteroatoms. The molecule has 1 saturated heterocycles. The fourth-order valence-electron chi connectivity index (χ4n) is 2.00. The number of ether oxygens (including phenoxy) is 1. The predicted octanol–water partition coefficient (Wildman–Crippen LogP) is 4.00. The zero-order chi connectivity index (χ0) is 11.6. The lowest BCUT2D eigenvalue weighted by atomic mass is 10.0. The Kier molecular flexibility index (Phi) is 6.95. The Bertz CT molecular complexity index is 221. The van der Waals surface area contributed by atoms with Crippen molar-refractivity contribution < 1.29 is 9.53 Å². The highest BCUT2D eigenvalue weighted by molar-refractivity contribution is 5.70. The molecule has 92 valence electrons. The van der Waals surface area contributed by atoms with E-state index in [1.807, 2.05) is 0 Å². The molecule has 0 saturated carbocycles. The molecule has 0 spiro atoms. The lowest BCUT2D eigenvalue weighted by Crippen LogP contribution is -2.23. The average molecular weight is 224 g/mol. The van der Waals surface area contributed by atoms with E-state index in [1.165, 1.54) is 19.3 Å². The molecule has 0 bridgehead atoms. The standard InChI is InChI=1S/C14H24O2/c1-2-3-4-5-6-7-8-10-13-11-9-12-14(15)16-13/h5-6,13H,2-4,7-12H2,1H3/b6-5-. The van der Waals surface area contributed by atoms with Crippen molar-refractivity contribution >= 4 is 5.97 Å². The Labute approximate surface area is 99.1 Å². The third-order valence-electron chi connectivity index (χ3n) is 2.99. The highest BCUT2D eigenvalue weighted by Gasteiger charge is 2.19. The number of esters is 1. The number of carbonyl (C=O) groups excluding carboxylic acids is 1. The van der Waals surface area contributed by atoms with Crippen LogP contribution in [0.5, 0.6) is 0 Å². The predicted molar refractivity (Wildman–Crippen MR) is 66.2 cm³/mol. The SMILES string of the molecule is CCCC/C=C\CCCC1CCCC(=O)O1. The topological polar surface area (TPSA) is 26.3 Å². The molecule has 1 atom stereocenters. The summed E-state index contributed by atoms with van der Waals surface area (Å²) in [5.74, 6) is -0.00487. The number of carbonyl (C=O) groups is 1. The molecule has 1 rings (SSSR count). The Morgan fingerprint density at radius 3 is 2.75 bits per heavy atom. The molecular formula is C14H24O2. The van der Waals surface area contributed by atoms with Gasteiger partial charge in [0.25, 0.3) is 0 Å². The third-order valence-corrected chi connectivity index (χ3v) is 2.99. The van der Waals surface area contributed by atoms with Crippen LogP contribution in [0.2, 0.25) is 0 Å². The summed E-state index contributed by atoms with van der Waals surface area (Å²) in [5, 5.41) is 0. The Morgan fingerprint density at radius 2 is 2.06 bits per heavy atom. The van der Waals surface area contributed by atoms with Gasteiger partial charge in [-0.25, -0.2) is 0 Å². The first-order chi connectivity index (χ1) is 7.83. The van der Waals surface area contributed by atoms with Gasteiger partial charge in [0.1, 0.15) is 6.10 Å². The van der Waals surface area contributed by atoms with Crippen LogP contribution in [0.15, 0.2) is 12.2 Å². The molecular weight excluding hydrogens is 200 g/mol. The van der Waals surface area contributed by atoms with Crippen LogP contribution in [-0.2, 0) is 9.53 Å². The maximum absolute atomic E-state index is 11.0. The van der Waals surface area contributed by atoms with Gasteiger partial charge in [-0.15, -0.1) is 0 Å². The zero-order valence-corrected chi connectivity index (χ0v) is 10.4. The van der Waals surface area contributed by atoms with E-state index in [1.54, 1.807) is 0 Å².